The van der Waals surface area contributed by atoms with Gasteiger partial charge in [-0.15, -0.1) is 0 Å². The molecule has 1 aromatic heterocycles. The van der Waals surface area contributed by atoms with Crippen LogP contribution >= 0.6 is 15.9 Å². The van der Waals surface area contributed by atoms with Crippen LogP contribution < -0.4 is 19.6 Å². The van der Waals surface area contributed by atoms with E-state index >= 15 is 0 Å². The lowest BCUT2D eigenvalue weighted by molar-refractivity contribution is -0.123. The van der Waals surface area contributed by atoms with Crippen LogP contribution in [0.4, 0.5) is 0 Å². The van der Waals surface area contributed by atoms with Gasteiger partial charge in [0.05, 0.1) is 23.9 Å². The molecular formula is C27H27BrN4O5. The summed E-state index contributed by atoms with van der Waals surface area (Å²) in [5.41, 5.74) is 5.63. The lowest BCUT2D eigenvalue weighted by Crippen LogP contribution is -2.25. The Kier molecular flexibility index (Phi) is 10.4. The van der Waals surface area contributed by atoms with Gasteiger partial charge in [-0.05, 0) is 59.1 Å². The monoisotopic (exact) mass is 566 g/mol. The van der Waals surface area contributed by atoms with Crippen LogP contribution in [0, 0.1) is 18.3 Å². The van der Waals surface area contributed by atoms with Gasteiger partial charge in [-0.2, -0.15) is 10.4 Å². The Morgan fingerprint density at radius 1 is 1.16 bits per heavy atom. The molecule has 1 amide bonds. The van der Waals surface area contributed by atoms with Crippen molar-refractivity contribution in [1.29, 1.82) is 5.26 Å². The van der Waals surface area contributed by atoms with E-state index in [2.05, 4.69) is 37.5 Å². The Bertz CT molecular complexity index is 1290. The molecule has 0 saturated heterocycles. The number of benzene rings is 2. The molecule has 0 aliphatic heterocycles. The summed E-state index contributed by atoms with van der Waals surface area (Å²) in [7, 11) is 1.53. The van der Waals surface area contributed by atoms with Gasteiger partial charge in [0, 0.05) is 18.4 Å². The topological polar surface area (TPSA) is 115 Å². The van der Waals surface area contributed by atoms with E-state index < -0.39 is 5.91 Å². The number of carbonyl (C=O) groups excluding carboxylic acids is 1. The van der Waals surface area contributed by atoms with E-state index in [9.17, 15) is 10.1 Å². The Morgan fingerprint density at radius 3 is 2.65 bits per heavy atom. The Labute approximate surface area is 224 Å². The minimum absolute atomic E-state index is 0.0741. The normalized spacial score (nSPS) is 10.7. The number of hydrogen-bond acceptors (Lipinski definition) is 8. The average molecular weight is 567 g/mol. The first kappa shape index (κ1) is 27.6. The van der Waals surface area contributed by atoms with E-state index in [1.807, 2.05) is 43.3 Å². The van der Waals surface area contributed by atoms with E-state index in [1.54, 1.807) is 19.1 Å². The molecule has 0 saturated carbocycles. The van der Waals surface area contributed by atoms with Crippen molar-refractivity contribution in [2.24, 2.45) is 5.10 Å². The van der Waals surface area contributed by atoms with Gasteiger partial charge >= 0.3 is 0 Å². The Balaban J connectivity index is 1.63. The summed E-state index contributed by atoms with van der Waals surface area (Å²) >= 11 is 3.53. The Morgan fingerprint density at radius 2 is 1.95 bits per heavy atom. The lowest BCUT2D eigenvalue weighted by Gasteiger charge is -2.14. The highest BCUT2D eigenvalue weighted by Crippen LogP contribution is 2.37. The number of nitrogens with zero attached hydrogens (tertiary/aromatic N) is 3. The van der Waals surface area contributed by atoms with Crippen molar-refractivity contribution in [2.45, 2.75) is 27.1 Å². The molecule has 3 aromatic rings. The van der Waals surface area contributed by atoms with E-state index in [4.69, 9.17) is 18.9 Å². The van der Waals surface area contributed by atoms with Crippen molar-refractivity contribution in [3.63, 3.8) is 0 Å². The molecule has 0 unspecified atom stereocenters. The van der Waals surface area contributed by atoms with Crippen LogP contribution in [-0.4, -0.2) is 37.4 Å². The van der Waals surface area contributed by atoms with Crippen molar-refractivity contribution in [2.75, 3.05) is 20.3 Å². The third-order valence-corrected chi connectivity index (χ3v) is 5.50. The summed E-state index contributed by atoms with van der Waals surface area (Å²) < 4.78 is 23.0. The number of nitriles is 1. The molecule has 0 spiro atoms. The maximum absolute atomic E-state index is 12.3. The first-order valence-electron chi connectivity index (χ1n) is 11.4. The number of hydrogen-bond donors (Lipinski definition) is 1. The predicted octanol–water partition coefficient (Wildman–Crippen LogP) is 4.68. The summed E-state index contributed by atoms with van der Waals surface area (Å²) in [6.07, 6.45) is 1.48. The van der Waals surface area contributed by atoms with Gasteiger partial charge in [-0.25, -0.2) is 10.4 Å². The maximum Gasteiger partial charge on any atom is 0.278 e. The van der Waals surface area contributed by atoms with Gasteiger partial charge in [0.25, 0.3) is 5.91 Å². The number of amides is 1. The summed E-state index contributed by atoms with van der Waals surface area (Å²) in [5.74, 6) is 0.686. The fraction of sp³-hybridized carbons (Fsp3) is 0.259. The molecule has 0 fully saturated rings. The number of nitrogens with one attached hydrogen (secondary N) is 1. The van der Waals surface area contributed by atoms with Gasteiger partial charge < -0.3 is 18.9 Å². The van der Waals surface area contributed by atoms with E-state index in [1.165, 1.54) is 13.3 Å². The average Bonchev–Trinajstić information content (AvgIpc) is 2.88. The van der Waals surface area contributed by atoms with Crippen molar-refractivity contribution in [1.82, 2.24) is 10.4 Å². The van der Waals surface area contributed by atoms with Gasteiger partial charge in [0.15, 0.2) is 18.1 Å². The number of carbonyl (C=O) groups is 1. The third kappa shape index (κ3) is 8.03. The zero-order chi connectivity index (χ0) is 26.6. The number of pyridine rings is 1. The summed E-state index contributed by atoms with van der Waals surface area (Å²) in [6.45, 7) is 4.36. The second-order valence-corrected chi connectivity index (χ2v) is 8.62. The van der Waals surface area contributed by atoms with Crippen molar-refractivity contribution in [3.8, 4) is 23.4 Å². The van der Waals surface area contributed by atoms with Crippen LogP contribution in [0.3, 0.4) is 0 Å². The smallest absolute Gasteiger partial charge is 0.278 e. The highest BCUT2D eigenvalue weighted by atomic mass is 79.9. The molecule has 192 valence electrons. The van der Waals surface area contributed by atoms with Gasteiger partial charge in [-0.1, -0.05) is 30.3 Å². The highest BCUT2D eigenvalue weighted by molar-refractivity contribution is 9.10. The van der Waals surface area contributed by atoms with Crippen molar-refractivity contribution < 1.29 is 23.7 Å². The van der Waals surface area contributed by atoms with Crippen LogP contribution in [0.15, 0.2) is 58.1 Å². The van der Waals surface area contributed by atoms with Crippen LogP contribution in [0.5, 0.6) is 17.4 Å². The fourth-order valence-electron chi connectivity index (χ4n) is 3.34. The quantitative estimate of drug-likeness (QED) is 0.250. The lowest BCUT2D eigenvalue weighted by atomic mass is 10.1. The molecule has 0 radical (unpaired) electrons. The van der Waals surface area contributed by atoms with Crippen LogP contribution in [-0.2, 0) is 22.7 Å². The van der Waals surface area contributed by atoms with Crippen LogP contribution in [0.25, 0.3) is 0 Å². The molecule has 0 atom stereocenters. The number of halogens is 1. The predicted molar refractivity (Wildman–Crippen MR) is 142 cm³/mol. The first-order valence-corrected chi connectivity index (χ1v) is 12.2. The third-order valence-electron chi connectivity index (χ3n) is 4.91. The van der Waals surface area contributed by atoms with Crippen molar-refractivity contribution in [3.05, 3.63) is 81.0 Å². The van der Waals surface area contributed by atoms with Crippen molar-refractivity contribution >= 4 is 28.1 Å². The van der Waals surface area contributed by atoms with Crippen LogP contribution in [0.1, 0.15) is 34.9 Å². The summed E-state index contributed by atoms with van der Waals surface area (Å²) in [6, 6.07) is 17.2. The summed E-state index contributed by atoms with van der Waals surface area (Å²) in [5, 5.41) is 13.5. The number of aromatic nitrogens is 1. The number of methoxy groups -OCH3 is 1. The second kappa shape index (κ2) is 14.0. The molecule has 9 nitrogen and oxygen atoms in total. The van der Waals surface area contributed by atoms with E-state index in [0.717, 1.165) is 5.56 Å². The minimum atomic E-state index is -0.511. The Hall–Kier alpha value is -3.94. The molecule has 0 aliphatic carbocycles. The SMILES string of the molecule is CCOc1cc(/C=N\NC(=O)COc2nc(C)cc(COC)c2C#N)cc(Br)c1OCc1ccccc1. The van der Waals surface area contributed by atoms with Crippen LogP contribution in [0.2, 0.25) is 0 Å². The number of ether oxygens (including phenoxy) is 4. The van der Waals surface area contributed by atoms with Gasteiger partial charge in [-0.3, -0.25) is 4.79 Å². The molecule has 3 rings (SSSR count). The molecule has 2 aromatic carbocycles. The molecule has 1 heterocycles. The van der Waals surface area contributed by atoms with Gasteiger partial charge in [0.2, 0.25) is 5.88 Å². The molecule has 10 heteroatoms. The maximum atomic E-state index is 12.3. The van der Waals surface area contributed by atoms with E-state index in [0.29, 0.717) is 46.0 Å². The number of hydrazone groups is 1. The molecule has 37 heavy (non-hydrogen) atoms. The molecule has 1 N–H and O–H groups in total. The zero-order valence-electron chi connectivity index (χ0n) is 20.8. The zero-order valence-corrected chi connectivity index (χ0v) is 22.4. The molecular weight excluding hydrogens is 540 g/mol. The fourth-order valence-corrected chi connectivity index (χ4v) is 3.92. The minimum Gasteiger partial charge on any atom is -0.490 e. The molecule has 0 aliphatic rings. The number of rotatable bonds is 12. The highest BCUT2D eigenvalue weighted by Gasteiger charge is 2.15. The van der Waals surface area contributed by atoms with Gasteiger partial charge in [0.1, 0.15) is 18.2 Å². The summed E-state index contributed by atoms with van der Waals surface area (Å²) in [4.78, 5) is 16.5. The first-order chi connectivity index (χ1) is 17.9. The second-order valence-electron chi connectivity index (χ2n) is 7.77. The van der Waals surface area contributed by atoms with E-state index in [-0.39, 0.29) is 24.7 Å². The molecule has 0 bridgehead atoms. The largest absolute Gasteiger partial charge is 0.490 e. The standard InChI is InChI=1S/C27H27BrN4O5/c1-4-35-24-12-20(11-23(28)26(24)36-15-19-8-6-5-7-9-19)14-30-32-25(33)17-37-27-22(13-29)21(16-34-3)10-18(2)31-27/h5-12,14H,4,15-17H2,1-3H3,(H,32,33)/b30-14-. The number of aryl methyl sites for hydroxylation is 1.